The molecule has 1 atom stereocenters. The summed E-state index contributed by atoms with van der Waals surface area (Å²) < 4.78 is 54.8. The monoisotopic (exact) mass is 456 g/mol. The van der Waals surface area contributed by atoms with Crippen LogP contribution in [0, 0.1) is 4.91 Å². The molecule has 2 aromatic carbocycles. The van der Waals surface area contributed by atoms with E-state index in [9.17, 15) is 32.3 Å². The van der Waals surface area contributed by atoms with Gasteiger partial charge in [0.2, 0.25) is 0 Å². The molecule has 1 saturated heterocycles. The summed E-state index contributed by atoms with van der Waals surface area (Å²) in [5.41, 5.74) is 1.61. The zero-order valence-electron chi connectivity index (χ0n) is 16.1. The van der Waals surface area contributed by atoms with E-state index in [1.54, 1.807) is 4.90 Å². The fraction of sp³-hybridized carbons (Fsp3) is 0.263. The van der Waals surface area contributed by atoms with Gasteiger partial charge in [0.25, 0.3) is 0 Å². The van der Waals surface area contributed by atoms with E-state index in [1.165, 1.54) is 40.7 Å². The quantitative estimate of drug-likeness (QED) is 0.407. The summed E-state index contributed by atoms with van der Waals surface area (Å²) in [5, 5.41) is 11.7. The number of rotatable bonds is 5. The molecule has 1 amide bonds. The van der Waals surface area contributed by atoms with E-state index >= 15 is 0 Å². The normalized spacial score (nSPS) is 17.1. The summed E-state index contributed by atoms with van der Waals surface area (Å²) in [7, 11) is -3.39. The van der Waals surface area contributed by atoms with Gasteiger partial charge in [-0.2, -0.15) is 13.2 Å². The Morgan fingerprint density at radius 3 is 2.35 bits per heavy atom. The van der Waals surface area contributed by atoms with Crippen molar-refractivity contribution < 1.29 is 27.4 Å². The molecule has 31 heavy (non-hydrogen) atoms. The third kappa shape index (κ3) is 4.55. The molecule has 1 heterocycles. The van der Waals surface area contributed by atoms with Gasteiger partial charge >= 0.3 is 12.1 Å². The highest BCUT2D eigenvalue weighted by atomic mass is 32.2. The number of piperazine rings is 1. The van der Waals surface area contributed by atoms with Gasteiger partial charge in [-0.1, -0.05) is 12.1 Å². The van der Waals surface area contributed by atoms with Crippen LogP contribution in [0.25, 0.3) is 0 Å². The minimum Gasteiger partial charge on any atom is -0.367 e. The minimum absolute atomic E-state index is 0.0153. The van der Waals surface area contributed by atoms with Crippen molar-refractivity contribution in [3.05, 3.63) is 58.5 Å². The molecule has 0 saturated carbocycles. The van der Waals surface area contributed by atoms with E-state index in [2.05, 4.69) is 11.0 Å². The first kappa shape index (κ1) is 22.7. The van der Waals surface area contributed by atoms with Crippen LogP contribution in [0.15, 0.2) is 52.5 Å². The van der Waals surface area contributed by atoms with Gasteiger partial charge in [-0.3, -0.25) is 15.5 Å². The van der Waals surface area contributed by atoms with Gasteiger partial charge in [0, 0.05) is 36.9 Å². The zero-order chi connectivity index (χ0) is 22.8. The first-order chi connectivity index (χ1) is 14.6. The van der Waals surface area contributed by atoms with Gasteiger partial charge in [0.1, 0.15) is 0 Å². The maximum atomic E-state index is 13.4. The van der Waals surface area contributed by atoms with Crippen LogP contribution in [-0.2, 0) is 15.9 Å². The van der Waals surface area contributed by atoms with E-state index in [1.807, 2.05) is 5.48 Å². The van der Waals surface area contributed by atoms with Crippen LogP contribution in [0.3, 0.4) is 0 Å². The number of nitrogens with one attached hydrogen (secondary N) is 1. The number of amides is 1. The van der Waals surface area contributed by atoms with E-state index in [0.29, 0.717) is 5.69 Å². The Kier molecular flexibility index (Phi) is 6.34. The molecule has 8 nitrogen and oxygen atoms in total. The van der Waals surface area contributed by atoms with Gasteiger partial charge in [-0.25, -0.2) is 8.51 Å². The number of anilines is 2. The standard InChI is InChI=1S/C19H19F3N4O4S/c1-31(30,17-5-3-2-4-14(17)19(20,21)22)26-10-8-25(9-11-26)16-7-6-13(18(27)24-29)12-15(16)23-28/h2-7,12,23,28H,1,8-11H2. The molecule has 1 aliphatic heterocycles. The second-order valence-corrected chi connectivity index (χ2v) is 9.03. The zero-order valence-corrected chi connectivity index (χ0v) is 16.9. The molecule has 0 spiro atoms. The number of hydrogen-bond acceptors (Lipinski definition) is 6. The van der Waals surface area contributed by atoms with Crippen molar-refractivity contribution in [3.8, 4) is 0 Å². The van der Waals surface area contributed by atoms with Gasteiger partial charge in [0.15, 0.2) is 0 Å². The topological polar surface area (TPSA) is 102 Å². The molecule has 2 N–H and O–H groups in total. The molecule has 0 aliphatic carbocycles. The Bertz CT molecular complexity index is 1100. The highest BCUT2D eigenvalue weighted by Gasteiger charge is 2.37. The highest BCUT2D eigenvalue weighted by Crippen LogP contribution is 2.36. The molecule has 1 unspecified atom stereocenters. The van der Waals surface area contributed by atoms with E-state index < -0.39 is 27.4 Å². The first-order valence-corrected chi connectivity index (χ1v) is 10.7. The predicted octanol–water partition coefficient (Wildman–Crippen LogP) is 3.23. The van der Waals surface area contributed by atoms with Gasteiger partial charge in [0.05, 0.1) is 31.5 Å². The largest absolute Gasteiger partial charge is 0.417 e. The van der Waals surface area contributed by atoms with E-state index in [-0.39, 0.29) is 42.3 Å². The Morgan fingerprint density at radius 2 is 1.77 bits per heavy atom. The molecule has 1 aliphatic rings. The van der Waals surface area contributed by atoms with Crippen LogP contribution >= 0.6 is 0 Å². The third-order valence-electron chi connectivity index (χ3n) is 4.98. The molecular weight excluding hydrogens is 437 g/mol. The molecule has 0 radical (unpaired) electrons. The van der Waals surface area contributed by atoms with E-state index in [0.717, 1.165) is 6.07 Å². The highest BCUT2D eigenvalue weighted by molar-refractivity contribution is 7.98. The molecule has 0 bridgehead atoms. The lowest BCUT2D eigenvalue weighted by atomic mass is 10.1. The molecule has 0 aromatic heterocycles. The molecule has 1 fully saturated rings. The van der Waals surface area contributed by atoms with Crippen molar-refractivity contribution in [2.45, 2.75) is 11.1 Å². The smallest absolute Gasteiger partial charge is 0.367 e. The average Bonchev–Trinajstić information content (AvgIpc) is 2.77. The molecule has 12 heteroatoms. The van der Waals surface area contributed by atoms with Gasteiger partial charge in [-0.15, -0.1) is 4.91 Å². The number of carbonyl (C=O) groups excluding carboxylic acids is 1. The number of nitroso groups, excluding NO2 is 1. The van der Waals surface area contributed by atoms with Crippen LogP contribution in [0.2, 0.25) is 0 Å². The number of alkyl halides is 3. The summed E-state index contributed by atoms with van der Waals surface area (Å²) in [4.78, 5) is 23.3. The van der Waals surface area contributed by atoms with Crippen LogP contribution < -0.4 is 10.4 Å². The Morgan fingerprint density at radius 1 is 1.13 bits per heavy atom. The second kappa shape index (κ2) is 8.65. The maximum Gasteiger partial charge on any atom is 0.417 e. The van der Waals surface area contributed by atoms with Crippen molar-refractivity contribution in [1.82, 2.24) is 4.31 Å². The summed E-state index contributed by atoms with van der Waals surface area (Å²) in [6, 6.07) is 8.82. The number of hydrogen-bond donors (Lipinski definition) is 2. The van der Waals surface area contributed by atoms with Crippen LogP contribution in [0.1, 0.15) is 15.9 Å². The molecular formula is C19H19F3N4O4S. The second-order valence-electron chi connectivity index (χ2n) is 6.79. The molecule has 2 aromatic rings. The van der Waals surface area contributed by atoms with Crippen LogP contribution in [-0.4, -0.2) is 51.7 Å². The lowest BCUT2D eigenvalue weighted by Crippen LogP contribution is -2.49. The Hall–Kier alpha value is -2.96. The van der Waals surface area contributed by atoms with Crippen molar-refractivity contribution in [2.24, 2.45) is 5.18 Å². The first-order valence-electron chi connectivity index (χ1n) is 9.05. The van der Waals surface area contributed by atoms with Crippen molar-refractivity contribution in [2.75, 3.05) is 36.6 Å². The third-order valence-corrected chi connectivity index (χ3v) is 7.22. The van der Waals surface area contributed by atoms with Gasteiger partial charge < -0.3 is 4.90 Å². The number of nitrogens with zero attached hydrogens (tertiary/aromatic N) is 3. The van der Waals surface area contributed by atoms with Gasteiger partial charge in [-0.05, 0) is 36.2 Å². The number of halogens is 3. The Balaban J connectivity index is 1.82. The molecule has 166 valence electrons. The average molecular weight is 456 g/mol. The molecule has 3 rings (SSSR count). The fourth-order valence-corrected chi connectivity index (χ4v) is 5.28. The SMILES string of the molecule is C=S(=O)(c1ccccc1C(F)(F)F)N1CCN(c2ccc(C(=O)N=O)cc2NO)CC1. The summed E-state index contributed by atoms with van der Waals surface area (Å²) >= 11 is 0. The lowest BCUT2D eigenvalue weighted by Gasteiger charge is -2.38. The summed E-state index contributed by atoms with van der Waals surface area (Å²) in [6.45, 7) is 0.842. The summed E-state index contributed by atoms with van der Waals surface area (Å²) in [5.74, 6) is 2.62. The predicted molar refractivity (Wildman–Crippen MR) is 111 cm³/mol. The lowest BCUT2D eigenvalue weighted by molar-refractivity contribution is -0.139. The van der Waals surface area contributed by atoms with Crippen LogP contribution in [0.5, 0.6) is 0 Å². The number of benzene rings is 2. The maximum absolute atomic E-state index is 13.4. The minimum atomic E-state index is -4.66. The Labute approximate surface area is 176 Å². The van der Waals surface area contributed by atoms with Crippen molar-refractivity contribution >= 4 is 32.9 Å². The van der Waals surface area contributed by atoms with Crippen molar-refractivity contribution in [3.63, 3.8) is 0 Å². The number of carbonyl (C=O) groups is 1. The van der Waals surface area contributed by atoms with Crippen LogP contribution in [0.4, 0.5) is 24.5 Å². The van der Waals surface area contributed by atoms with Crippen molar-refractivity contribution in [1.29, 1.82) is 0 Å². The summed E-state index contributed by atoms with van der Waals surface area (Å²) in [6.07, 6.45) is -4.66. The fourth-order valence-electron chi connectivity index (χ4n) is 3.43. The van der Waals surface area contributed by atoms with E-state index in [4.69, 9.17) is 0 Å².